The molecule has 6 nitrogen and oxygen atoms in total. The Hall–Kier alpha value is -1.64. The van der Waals surface area contributed by atoms with Crippen molar-refractivity contribution in [1.29, 1.82) is 0 Å². The third-order valence-electron chi connectivity index (χ3n) is 2.66. The molecule has 0 saturated heterocycles. The minimum atomic E-state index is -1.04. The summed E-state index contributed by atoms with van der Waals surface area (Å²) in [7, 11) is 0. The van der Waals surface area contributed by atoms with E-state index in [4.69, 9.17) is 14.4 Å². The molecule has 2 rings (SSSR count). The Morgan fingerprint density at radius 3 is 2.71 bits per heavy atom. The first kappa shape index (κ1) is 15.7. The molecule has 0 aliphatic heterocycles. The molecule has 0 amide bonds. The van der Waals surface area contributed by atoms with Crippen LogP contribution in [0.2, 0.25) is 0 Å². The van der Waals surface area contributed by atoms with Gasteiger partial charge in [-0.15, -0.1) is 0 Å². The highest BCUT2D eigenvalue weighted by Crippen LogP contribution is 2.23. The van der Waals surface area contributed by atoms with Crippen molar-refractivity contribution in [3.8, 4) is 5.75 Å². The van der Waals surface area contributed by atoms with Gasteiger partial charge in [0.25, 0.3) is 5.89 Å². The van der Waals surface area contributed by atoms with Crippen molar-refractivity contribution in [2.75, 3.05) is 0 Å². The lowest BCUT2D eigenvalue weighted by Crippen LogP contribution is -2.13. The van der Waals surface area contributed by atoms with Gasteiger partial charge < -0.3 is 14.4 Å². The lowest BCUT2D eigenvalue weighted by Gasteiger charge is -2.11. The van der Waals surface area contributed by atoms with E-state index in [0.717, 1.165) is 3.57 Å². The number of carboxylic acid groups (broad SMARTS) is 1. The molecule has 0 unspecified atom stereocenters. The Bertz CT molecular complexity index is 661. The number of benzene rings is 1. The fourth-order valence-corrected chi connectivity index (χ4v) is 2.04. The van der Waals surface area contributed by atoms with Crippen LogP contribution in [0.3, 0.4) is 0 Å². The molecule has 112 valence electrons. The van der Waals surface area contributed by atoms with Crippen LogP contribution in [-0.2, 0) is 12.0 Å². The summed E-state index contributed by atoms with van der Waals surface area (Å²) in [6.07, 6.45) is 0. The van der Waals surface area contributed by atoms with Gasteiger partial charge >= 0.3 is 5.97 Å². The van der Waals surface area contributed by atoms with Crippen molar-refractivity contribution in [1.82, 2.24) is 10.1 Å². The highest BCUT2D eigenvalue weighted by molar-refractivity contribution is 14.1. The second kappa shape index (κ2) is 6.00. The highest BCUT2D eigenvalue weighted by atomic mass is 127. The molecule has 0 aliphatic rings. The predicted octanol–water partition coefficient (Wildman–Crippen LogP) is 3.25. The van der Waals surface area contributed by atoms with Crippen LogP contribution in [0.5, 0.6) is 5.75 Å². The van der Waals surface area contributed by atoms with Crippen LogP contribution >= 0.6 is 22.6 Å². The maximum Gasteiger partial charge on any atom is 0.339 e. The van der Waals surface area contributed by atoms with Crippen molar-refractivity contribution in [2.24, 2.45) is 0 Å². The van der Waals surface area contributed by atoms with Crippen LogP contribution in [0.25, 0.3) is 0 Å². The smallest absolute Gasteiger partial charge is 0.339 e. The van der Waals surface area contributed by atoms with Gasteiger partial charge in [0.05, 0.1) is 0 Å². The Kier molecular flexibility index (Phi) is 4.50. The molecule has 0 spiro atoms. The van der Waals surface area contributed by atoms with Gasteiger partial charge in [0.15, 0.2) is 12.4 Å². The average Bonchev–Trinajstić information content (AvgIpc) is 2.85. The van der Waals surface area contributed by atoms with Crippen molar-refractivity contribution < 1.29 is 19.2 Å². The molecule has 0 bridgehead atoms. The van der Waals surface area contributed by atoms with Crippen molar-refractivity contribution in [3.05, 3.63) is 39.0 Å². The lowest BCUT2D eigenvalue weighted by atomic mass is 9.96. The molecular formula is C14H15IN2O4. The van der Waals surface area contributed by atoms with Crippen molar-refractivity contribution in [3.63, 3.8) is 0 Å². The maximum absolute atomic E-state index is 11.2. The Balaban J connectivity index is 2.13. The number of aromatic carboxylic acids is 1. The largest absolute Gasteiger partial charge is 0.483 e. The van der Waals surface area contributed by atoms with Crippen LogP contribution < -0.4 is 4.74 Å². The summed E-state index contributed by atoms with van der Waals surface area (Å²) >= 11 is 2.05. The number of halogens is 1. The molecular weight excluding hydrogens is 387 g/mol. The van der Waals surface area contributed by atoms with Gasteiger partial charge in [0, 0.05) is 8.99 Å². The summed E-state index contributed by atoms with van der Waals surface area (Å²) in [5.41, 5.74) is -0.103. The number of hydrogen-bond donors (Lipinski definition) is 1. The van der Waals surface area contributed by atoms with E-state index in [0.29, 0.717) is 11.7 Å². The third-order valence-corrected chi connectivity index (χ3v) is 3.33. The molecule has 1 N–H and O–H groups in total. The van der Waals surface area contributed by atoms with E-state index in [1.54, 1.807) is 18.2 Å². The summed E-state index contributed by atoms with van der Waals surface area (Å²) in [6, 6.07) is 4.94. The van der Waals surface area contributed by atoms with E-state index in [1.165, 1.54) is 0 Å². The second-order valence-corrected chi connectivity index (χ2v) is 6.74. The van der Waals surface area contributed by atoms with E-state index in [2.05, 4.69) is 10.1 Å². The quantitative estimate of drug-likeness (QED) is 0.791. The zero-order chi connectivity index (χ0) is 15.6. The normalized spacial score (nSPS) is 11.4. The number of aromatic nitrogens is 2. The minimum absolute atomic E-state index is 0.0317. The van der Waals surface area contributed by atoms with E-state index in [9.17, 15) is 4.79 Å². The van der Waals surface area contributed by atoms with Gasteiger partial charge in [0.2, 0.25) is 0 Å². The van der Waals surface area contributed by atoms with Crippen LogP contribution in [0.1, 0.15) is 42.8 Å². The number of rotatable bonds is 4. The molecule has 0 fully saturated rings. The van der Waals surface area contributed by atoms with E-state index >= 15 is 0 Å². The van der Waals surface area contributed by atoms with Gasteiger partial charge in [-0.3, -0.25) is 0 Å². The van der Waals surface area contributed by atoms with Gasteiger partial charge in [-0.1, -0.05) is 25.9 Å². The molecule has 2 aromatic rings. The van der Waals surface area contributed by atoms with Gasteiger partial charge in [-0.25, -0.2) is 4.79 Å². The predicted molar refractivity (Wildman–Crippen MR) is 83.4 cm³/mol. The molecule has 1 heterocycles. The molecule has 7 heteroatoms. The van der Waals surface area contributed by atoms with Crippen LogP contribution in [0, 0.1) is 3.57 Å². The Morgan fingerprint density at radius 2 is 2.14 bits per heavy atom. The molecule has 0 radical (unpaired) electrons. The first-order valence-electron chi connectivity index (χ1n) is 6.26. The number of hydrogen-bond acceptors (Lipinski definition) is 5. The molecule has 21 heavy (non-hydrogen) atoms. The number of carbonyl (C=O) groups is 1. The molecule has 1 aromatic heterocycles. The van der Waals surface area contributed by atoms with Crippen LogP contribution in [-0.4, -0.2) is 21.2 Å². The Morgan fingerprint density at radius 1 is 1.43 bits per heavy atom. The summed E-state index contributed by atoms with van der Waals surface area (Å²) in [4.78, 5) is 15.4. The van der Waals surface area contributed by atoms with E-state index < -0.39 is 5.97 Å². The molecule has 0 aliphatic carbocycles. The fraction of sp³-hybridized carbons (Fsp3) is 0.357. The second-order valence-electron chi connectivity index (χ2n) is 5.50. The minimum Gasteiger partial charge on any atom is -0.483 e. The highest BCUT2D eigenvalue weighted by Gasteiger charge is 2.21. The lowest BCUT2D eigenvalue weighted by molar-refractivity contribution is 0.0691. The molecule has 0 atom stereocenters. The SMILES string of the molecule is CC(C)(C)c1noc(COc2ccc(I)cc2C(=O)O)n1. The first-order valence-corrected chi connectivity index (χ1v) is 7.34. The first-order chi connectivity index (χ1) is 9.77. The maximum atomic E-state index is 11.2. The fourth-order valence-electron chi connectivity index (χ4n) is 1.55. The van der Waals surface area contributed by atoms with Gasteiger partial charge in [-0.2, -0.15) is 4.98 Å². The van der Waals surface area contributed by atoms with Crippen molar-refractivity contribution >= 4 is 28.6 Å². The Labute approximate surface area is 135 Å². The summed E-state index contributed by atoms with van der Waals surface area (Å²) in [6.45, 7) is 5.96. The summed E-state index contributed by atoms with van der Waals surface area (Å²) in [5, 5.41) is 13.1. The van der Waals surface area contributed by atoms with Crippen LogP contribution in [0.4, 0.5) is 0 Å². The zero-order valence-electron chi connectivity index (χ0n) is 11.9. The number of ether oxygens (including phenoxy) is 1. The number of carboxylic acids is 1. The van der Waals surface area contributed by atoms with E-state index in [-0.39, 0.29) is 23.3 Å². The average molecular weight is 402 g/mol. The zero-order valence-corrected chi connectivity index (χ0v) is 14.0. The molecule has 0 saturated carbocycles. The standard InChI is InChI=1S/C14H15IN2O4/c1-14(2,3)13-16-11(21-17-13)7-20-10-5-4-8(15)6-9(10)12(18)19/h4-6H,7H2,1-3H3,(H,18,19). The van der Waals surface area contributed by atoms with Crippen LogP contribution in [0.15, 0.2) is 22.7 Å². The molecule has 1 aromatic carbocycles. The summed E-state index contributed by atoms with van der Waals surface area (Å²) in [5.74, 6) is 0.139. The van der Waals surface area contributed by atoms with Gasteiger partial charge in [0.1, 0.15) is 11.3 Å². The van der Waals surface area contributed by atoms with Gasteiger partial charge in [-0.05, 0) is 40.8 Å². The number of nitrogens with zero attached hydrogens (tertiary/aromatic N) is 2. The van der Waals surface area contributed by atoms with Crippen molar-refractivity contribution in [2.45, 2.75) is 32.8 Å². The monoisotopic (exact) mass is 402 g/mol. The van der Waals surface area contributed by atoms with E-state index in [1.807, 2.05) is 43.4 Å². The summed E-state index contributed by atoms with van der Waals surface area (Å²) < 4.78 is 11.4. The third kappa shape index (κ3) is 3.93. The topological polar surface area (TPSA) is 85.5 Å².